The van der Waals surface area contributed by atoms with Gasteiger partial charge < -0.3 is 5.32 Å². The average Bonchev–Trinajstić information content (AvgIpc) is 2.64. The van der Waals surface area contributed by atoms with Crippen LogP contribution in [0, 0.1) is 17.5 Å². The van der Waals surface area contributed by atoms with Crippen LogP contribution in [-0.4, -0.2) is 5.91 Å². The highest BCUT2D eigenvalue weighted by Crippen LogP contribution is 2.34. The molecule has 0 spiro atoms. The van der Waals surface area contributed by atoms with Crippen molar-refractivity contribution in [3.63, 3.8) is 0 Å². The quantitative estimate of drug-likeness (QED) is 0.529. The Hall–Kier alpha value is -3.29. The summed E-state index contributed by atoms with van der Waals surface area (Å²) in [5, 5.41) is 2.33. The highest BCUT2D eigenvalue weighted by Gasteiger charge is 2.33. The topological polar surface area (TPSA) is 29.1 Å². The van der Waals surface area contributed by atoms with Crippen LogP contribution in [0.4, 0.5) is 32.0 Å². The van der Waals surface area contributed by atoms with Gasteiger partial charge in [-0.05, 0) is 47.5 Å². The number of benzene rings is 3. The van der Waals surface area contributed by atoms with E-state index in [1.54, 1.807) is 0 Å². The molecule has 0 aliphatic heterocycles. The van der Waals surface area contributed by atoms with Crippen molar-refractivity contribution in [1.29, 1.82) is 0 Å². The van der Waals surface area contributed by atoms with E-state index in [9.17, 15) is 31.1 Å². The molecule has 1 N–H and O–H groups in total. The van der Waals surface area contributed by atoms with E-state index < -0.39 is 41.5 Å². The largest absolute Gasteiger partial charge is 0.416 e. The predicted octanol–water partition coefficient (Wildman–Crippen LogP) is 5.97. The van der Waals surface area contributed by atoms with E-state index in [1.807, 2.05) is 0 Å². The fraction of sp³-hybridized carbons (Fsp3) is 0.0952. The summed E-state index contributed by atoms with van der Waals surface area (Å²) in [4.78, 5) is 12.1. The number of nitrogens with one attached hydrogen (secondary N) is 1. The zero-order valence-electron chi connectivity index (χ0n) is 14.7. The zero-order valence-corrected chi connectivity index (χ0v) is 14.7. The van der Waals surface area contributed by atoms with E-state index in [2.05, 4.69) is 5.32 Å². The van der Waals surface area contributed by atoms with E-state index in [0.717, 1.165) is 24.3 Å². The van der Waals surface area contributed by atoms with Gasteiger partial charge in [-0.2, -0.15) is 13.2 Å². The molecule has 0 saturated carbocycles. The summed E-state index contributed by atoms with van der Waals surface area (Å²) in [7, 11) is 0. The predicted molar refractivity (Wildman–Crippen MR) is 95.0 cm³/mol. The number of alkyl halides is 3. The fourth-order valence-electron chi connectivity index (χ4n) is 2.78. The smallest absolute Gasteiger partial charge is 0.322 e. The molecule has 0 unspecified atom stereocenters. The van der Waals surface area contributed by atoms with Crippen molar-refractivity contribution in [2.75, 3.05) is 5.32 Å². The number of halogens is 6. The number of hydrogen-bond donors (Lipinski definition) is 1. The van der Waals surface area contributed by atoms with E-state index in [-0.39, 0.29) is 22.4 Å². The van der Waals surface area contributed by atoms with E-state index in [0.29, 0.717) is 6.07 Å². The standard InChI is InChI=1S/C21H13F6NO/c22-14-7-5-12(17(10-14)21(25,26)27)9-13-6-8-15(11-19(13)24)28-20(29)16-3-1-2-4-18(16)23/h1-8,10-11H,9H2,(H,28,29). The van der Waals surface area contributed by atoms with Gasteiger partial charge in [-0.3, -0.25) is 4.79 Å². The molecule has 0 aromatic heterocycles. The molecule has 0 aliphatic carbocycles. The summed E-state index contributed by atoms with van der Waals surface area (Å²) < 4.78 is 80.5. The molecule has 3 rings (SSSR count). The Morgan fingerprint density at radius 3 is 2.17 bits per heavy atom. The Morgan fingerprint density at radius 1 is 0.828 bits per heavy atom. The lowest BCUT2D eigenvalue weighted by atomic mass is 9.98. The molecule has 150 valence electrons. The normalized spacial score (nSPS) is 11.4. The second-order valence-electron chi connectivity index (χ2n) is 6.22. The van der Waals surface area contributed by atoms with Crippen molar-refractivity contribution in [2.24, 2.45) is 0 Å². The van der Waals surface area contributed by atoms with Crippen molar-refractivity contribution in [1.82, 2.24) is 0 Å². The van der Waals surface area contributed by atoms with Gasteiger partial charge in [0.1, 0.15) is 17.5 Å². The van der Waals surface area contributed by atoms with Crippen molar-refractivity contribution >= 4 is 11.6 Å². The number of carbonyl (C=O) groups is 1. The van der Waals surface area contributed by atoms with Crippen LogP contribution in [0.5, 0.6) is 0 Å². The van der Waals surface area contributed by atoms with Crippen molar-refractivity contribution in [3.05, 3.63) is 100 Å². The molecule has 0 heterocycles. The van der Waals surface area contributed by atoms with Crippen LogP contribution in [0.3, 0.4) is 0 Å². The van der Waals surface area contributed by atoms with Gasteiger partial charge in [0, 0.05) is 12.1 Å². The Kier molecular flexibility index (Phi) is 5.63. The summed E-state index contributed by atoms with van der Waals surface area (Å²) in [6.45, 7) is 0. The number of amides is 1. The average molecular weight is 409 g/mol. The molecule has 29 heavy (non-hydrogen) atoms. The summed E-state index contributed by atoms with van der Waals surface area (Å²) >= 11 is 0. The summed E-state index contributed by atoms with van der Waals surface area (Å²) in [6.07, 6.45) is -5.22. The van der Waals surface area contributed by atoms with E-state index in [4.69, 9.17) is 0 Å². The van der Waals surface area contributed by atoms with Gasteiger partial charge in [0.15, 0.2) is 0 Å². The van der Waals surface area contributed by atoms with Gasteiger partial charge in [-0.15, -0.1) is 0 Å². The third kappa shape index (κ3) is 4.77. The van der Waals surface area contributed by atoms with Gasteiger partial charge in [0.05, 0.1) is 11.1 Å². The van der Waals surface area contributed by atoms with Crippen LogP contribution in [0.2, 0.25) is 0 Å². The third-order valence-electron chi connectivity index (χ3n) is 4.19. The van der Waals surface area contributed by atoms with Crippen LogP contribution in [0.25, 0.3) is 0 Å². The SMILES string of the molecule is O=C(Nc1ccc(Cc2ccc(F)cc2C(F)(F)F)c(F)c1)c1ccccc1F. The fourth-order valence-corrected chi connectivity index (χ4v) is 2.78. The first-order chi connectivity index (χ1) is 13.6. The van der Waals surface area contributed by atoms with Crippen LogP contribution in [0.1, 0.15) is 27.0 Å². The van der Waals surface area contributed by atoms with Crippen LogP contribution in [-0.2, 0) is 12.6 Å². The summed E-state index contributed by atoms with van der Waals surface area (Å²) in [5.41, 5.74) is -1.78. The molecule has 8 heteroatoms. The molecule has 0 saturated heterocycles. The lowest BCUT2D eigenvalue weighted by molar-refractivity contribution is -0.138. The van der Waals surface area contributed by atoms with Crippen LogP contribution < -0.4 is 5.32 Å². The summed E-state index contributed by atoms with van der Waals surface area (Å²) in [6, 6.07) is 10.8. The zero-order chi connectivity index (χ0) is 21.2. The maximum Gasteiger partial charge on any atom is 0.416 e. The minimum atomic E-state index is -4.79. The van der Waals surface area contributed by atoms with Crippen LogP contribution >= 0.6 is 0 Å². The molecule has 0 atom stereocenters. The molecule has 0 bridgehead atoms. The molecule has 0 aliphatic rings. The molecule has 0 radical (unpaired) electrons. The Morgan fingerprint density at radius 2 is 1.52 bits per heavy atom. The second-order valence-corrected chi connectivity index (χ2v) is 6.22. The van der Waals surface area contributed by atoms with Gasteiger partial charge >= 0.3 is 6.18 Å². The van der Waals surface area contributed by atoms with Crippen molar-refractivity contribution < 1.29 is 31.1 Å². The third-order valence-corrected chi connectivity index (χ3v) is 4.19. The number of rotatable bonds is 4. The maximum absolute atomic E-state index is 14.4. The lowest BCUT2D eigenvalue weighted by Crippen LogP contribution is -2.14. The number of carbonyl (C=O) groups excluding carboxylic acids is 1. The molecular weight excluding hydrogens is 396 g/mol. The first-order valence-corrected chi connectivity index (χ1v) is 8.35. The Bertz CT molecular complexity index is 1060. The molecular formula is C21H13F6NO. The van der Waals surface area contributed by atoms with Crippen molar-refractivity contribution in [2.45, 2.75) is 12.6 Å². The van der Waals surface area contributed by atoms with E-state index in [1.165, 1.54) is 30.3 Å². The molecule has 0 fully saturated rings. The first-order valence-electron chi connectivity index (χ1n) is 8.35. The maximum atomic E-state index is 14.4. The van der Waals surface area contributed by atoms with Gasteiger partial charge in [-0.1, -0.05) is 24.3 Å². The highest BCUT2D eigenvalue weighted by molar-refractivity contribution is 6.04. The second kappa shape index (κ2) is 7.98. The van der Waals surface area contributed by atoms with Crippen LogP contribution in [0.15, 0.2) is 60.7 Å². The Balaban J connectivity index is 1.83. The number of hydrogen-bond acceptors (Lipinski definition) is 1. The summed E-state index contributed by atoms with van der Waals surface area (Å²) in [5.74, 6) is -3.47. The monoisotopic (exact) mass is 409 g/mol. The molecule has 3 aromatic carbocycles. The minimum absolute atomic E-state index is 0.00894. The van der Waals surface area contributed by atoms with Crippen molar-refractivity contribution in [3.8, 4) is 0 Å². The minimum Gasteiger partial charge on any atom is -0.322 e. The molecule has 3 aromatic rings. The molecule has 1 amide bonds. The number of anilines is 1. The first kappa shape index (κ1) is 20.4. The highest BCUT2D eigenvalue weighted by atomic mass is 19.4. The lowest BCUT2D eigenvalue weighted by Gasteiger charge is -2.14. The van der Waals surface area contributed by atoms with Gasteiger partial charge in [0.2, 0.25) is 0 Å². The van der Waals surface area contributed by atoms with Gasteiger partial charge in [-0.25, -0.2) is 13.2 Å². The van der Waals surface area contributed by atoms with Gasteiger partial charge in [0.25, 0.3) is 5.91 Å². The molecule has 2 nitrogen and oxygen atoms in total. The van der Waals surface area contributed by atoms with E-state index >= 15 is 0 Å². The Labute approximate surface area is 161 Å².